The average Bonchev–Trinajstić information content (AvgIpc) is 3.15. The third-order valence-electron chi connectivity index (χ3n) is 6.09. The lowest BCUT2D eigenvalue weighted by Gasteiger charge is -2.26. The van der Waals surface area contributed by atoms with Gasteiger partial charge in [-0.2, -0.15) is 0 Å². The summed E-state index contributed by atoms with van der Waals surface area (Å²) >= 11 is 5.92. The SMILES string of the molecule is CC(=O)c1ccc([C@@H]2C[C@@H](c3ccccc3)[C@@](F)(C(=O)Nc3ccc(Cl)cc3)C2)cc1. The van der Waals surface area contributed by atoms with E-state index in [1.807, 2.05) is 42.5 Å². The lowest BCUT2D eigenvalue weighted by atomic mass is 9.85. The monoisotopic (exact) mass is 435 g/mol. The van der Waals surface area contributed by atoms with Gasteiger partial charge in [0.1, 0.15) is 0 Å². The van der Waals surface area contributed by atoms with E-state index in [-0.39, 0.29) is 18.1 Å². The summed E-state index contributed by atoms with van der Waals surface area (Å²) < 4.78 is 16.5. The fourth-order valence-electron chi connectivity index (χ4n) is 4.40. The van der Waals surface area contributed by atoms with Crippen LogP contribution in [0, 0.1) is 0 Å². The lowest BCUT2D eigenvalue weighted by molar-refractivity contribution is -0.128. The molecule has 158 valence electrons. The number of amides is 1. The molecule has 0 heterocycles. The smallest absolute Gasteiger partial charge is 0.262 e. The zero-order chi connectivity index (χ0) is 22.0. The predicted molar refractivity (Wildman–Crippen MR) is 122 cm³/mol. The van der Waals surface area contributed by atoms with Crippen molar-refractivity contribution < 1.29 is 14.0 Å². The van der Waals surface area contributed by atoms with E-state index in [1.165, 1.54) is 6.92 Å². The Balaban J connectivity index is 1.64. The number of carbonyl (C=O) groups is 2. The molecule has 1 N–H and O–H groups in total. The standard InChI is InChI=1S/C26H23ClFNO2/c1-17(30)18-7-9-19(10-8-18)21-15-24(20-5-3-2-4-6-20)26(28,16-21)25(31)29-23-13-11-22(27)12-14-23/h2-14,21,24H,15-16H2,1H3,(H,29,31)/t21-,24+,26-/m1/s1. The highest BCUT2D eigenvalue weighted by atomic mass is 35.5. The number of anilines is 1. The van der Waals surface area contributed by atoms with E-state index in [4.69, 9.17) is 11.6 Å². The normalized spacial score (nSPS) is 22.8. The summed E-state index contributed by atoms with van der Waals surface area (Å²) in [7, 11) is 0. The molecule has 3 nitrogen and oxygen atoms in total. The molecule has 1 saturated carbocycles. The molecule has 0 radical (unpaired) electrons. The molecule has 0 aliphatic heterocycles. The van der Waals surface area contributed by atoms with E-state index in [1.54, 1.807) is 36.4 Å². The van der Waals surface area contributed by atoms with E-state index in [9.17, 15) is 9.59 Å². The molecule has 3 aromatic rings. The van der Waals surface area contributed by atoms with Crippen molar-refractivity contribution in [2.75, 3.05) is 5.32 Å². The first-order valence-electron chi connectivity index (χ1n) is 10.3. The molecule has 0 unspecified atom stereocenters. The van der Waals surface area contributed by atoms with Crippen LogP contribution >= 0.6 is 11.6 Å². The van der Waals surface area contributed by atoms with Crippen molar-refractivity contribution in [3.05, 3.63) is 101 Å². The number of hydrogen-bond donors (Lipinski definition) is 1. The summed E-state index contributed by atoms with van der Waals surface area (Å²) in [5.74, 6) is -1.36. The van der Waals surface area contributed by atoms with Gasteiger partial charge in [0, 0.05) is 22.2 Å². The molecular formula is C26H23ClFNO2. The molecule has 0 bridgehead atoms. The first-order valence-corrected chi connectivity index (χ1v) is 10.7. The number of nitrogens with one attached hydrogen (secondary N) is 1. The lowest BCUT2D eigenvalue weighted by Crippen LogP contribution is -2.41. The van der Waals surface area contributed by atoms with Crippen molar-refractivity contribution in [3.8, 4) is 0 Å². The Labute approximate surface area is 186 Å². The average molecular weight is 436 g/mol. The number of hydrogen-bond acceptors (Lipinski definition) is 2. The highest BCUT2D eigenvalue weighted by Gasteiger charge is 2.54. The number of carbonyl (C=O) groups excluding carboxylic acids is 2. The summed E-state index contributed by atoms with van der Waals surface area (Å²) in [5.41, 5.74) is 0.801. The summed E-state index contributed by atoms with van der Waals surface area (Å²) in [6.07, 6.45) is 0.583. The Bertz CT molecular complexity index is 1080. The second kappa shape index (κ2) is 8.64. The van der Waals surface area contributed by atoms with Crippen LogP contribution in [0.1, 0.15) is 53.1 Å². The zero-order valence-electron chi connectivity index (χ0n) is 17.1. The second-order valence-corrected chi connectivity index (χ2v) is 8.54. The minimum absolute atomic E-state index is 0.0117. The van der Waals surface area contributed by atoms with Crippen molar-refractivity contribution >= 4 is 29.0 Å². The molecule has 5 heteroatoms. The van der Waals surface area contributed by atoms with Crippen molar-refractivity contribution in [1.82, 2.24) is 0 Å². The largest absolute Gasteiger partial charge is 0.323 e. The summed E-state index contributed by atoms with van der Waals surface area (Å²) in [6, 6.07) is 23.2. The Morgan fingerprint density at radius 3 is 2.19 bits per heavy atom. The number of halogens is 2. The number of benzene rings is 3. The van der Waals surface area contributed by atoms with E-state index >= 15 is 4.39 Å². The topological polar surface area (TPSA) is 46.2 Å². The van der Waals surface area contributed by atoms with Crippen LogP contribution in [0.4, 0.5) is 10.1 Å². The van der Waals surface area contributed by atoms with Crippen LogP contribution < -0.4 is 5.32 Å². The first kappa shape index (κ1) is 21.3. The predicted octanol–water partition coefficient (Wildman–Crippen LogP) is 6.55. The third-order valence-corrected chi connectivity index (χ3v) is 6.34. The van der Waals surface area contributed by atoms with Crippen molar-refractivity contribution in [2.24, 2.45) is 0 Å². The molecule has 4 rings (SSSR count). The van der Waals surface area contributed by atoms with Crippen molar-refractivity contribution in [3.63, 3.8) is 0 Å². The summed E-state index contributed by atoms with van der Waals surface area (Å²) in [4.78, 5) is 24.7. The quantitative estimate of drug-likeness (QED) is 0.462. The maximum atomic E-state index is 16.5. The van der Waals surface area contributed by atoms with Gasteiger partial charge in [-0.3, -0.25) is 9.59 Å². The van der Waals surface area contributed by atoms with Crippen LogP contribution in [0.3, 0.4) is 0 Å². The molecule has 3 atom stereocenters. The van der Waals surface area contributed by atoms with Crippen LogP contribution in [-0.4, -0.2) is 17.4 Å². The van der Waals surface area contributed by atoms with Crippen LogP contribution in [0.5, 0.6) is 0 Å². The Kier molecular flexibility index (Phi) is 5.92. The number of Topliss-reactive ketones (excluding diaryl/α,β-unsaturated/α-hetero) is 1. The molecule has 0 aromatic heterocycles. The fourth-order valence-corrected chi connectivity index (χ4v) is 4.53. The van der Waals surface area contributed by atoms with E-state index < -0.39 is 17.5 Å². The Hall–Kier alpha value is -2.98. The summed E-state index contributed by atoms with van der Waals surface area (Å²) in [5, 5.41) is 3.28. The second-order valence-electron chi connectivity index (χ2n) is 8.10. The first-order chi connectivity index (χ1) is 14.9. The van der Waals surface area contributed by atoms with Crippen LogP contribution in [0.25, 0.3) is 0 Å². The minimum atomic E-state index is -2.06. The van der Waals surface area contributed by atoms with Gasteiger partial charge in [0.25, 0.3) is 5.91 Å². The van der Waals surface area contributed by atoms with Crippen LogP contribution in [0.2, 0.25) is 5.02 Å². The van der Waals surface area contributed by atoms with Gasteiger partial charge in [0.15, 0.2) is 11.5 Å². The molecule has 0 spiro atoms. The van der Waals surface area contributed by atoms with Crippen LogP contribution in [-0.2, 0) is 4.79 Å². The molecule has 31 heavy (non-hydrogen) atoms. The number of rotatable bonds is 5. The molecular weight excluding hydrogens is 413 g/mol. The Morgan fingerprint density at radius 1 is 0.935 bits per heavy atom. The maximum Gasteiger partial charge on any atom is 0.262 e. The van der Waals surface area contributed by atoms with Crippen LogP contribution in [0.15, 0.2) is 78.9 Å². The molecule has 1 aliphatic rings. The zero-order valence-corrected chi connectivity index (χ0v) is 17.9. The molecule has 0 saturated heterocycles. The highest BCUT2D eigenvalue weighted by Crippen LogP contribution is 2.52. The number of alkyl halides is 1. The molecule has 1 amide bonds. The molecule has 1 fully saturated rings. The van der Waals surface area contributed by atoms with Crippen molar-refractivity contribution in [1.29, 1.82) is 0 Å². The van der Waals surface area contributed by atoms with Gasteiger partial charge < -0.3 is 5.32 Å². The minimum Gasteiger partial charge on any atom is -0.323 e. The molecule has 3 aromatic carbocycles. The van der Waals surface area contributed by atoms with Gasteiger partial charge in [-0.05, 0) is 61.1 Å². The summed E-state index contributed by atoms with van der Waals surface area (Å²) in [6.45, 7) is 1.52. The van der Waals surface area contributed by atoms with E-state index in [2.05, 4.69) is 5.32 Å². The van der Waals surface area contributed by atoms with E-state index in [0.717, 1.165) is 11.1 Å². The van der Waals surface area contributed by atoms with Gasteiger partial charge >= 0.3 is 0 Å². The maximum absolute atomic E-state index is 16.5. The van der Waals surface area contributed by atoms with Gasteiger partial charge in [-0.25, -0.2) is 4.39 Å². The number of ketones is 1. The van der Waals surface area contributed by atoms with Gasteiger partial charge in [-0.1, -0.05) is 66.2 Å². The van der Waals surface area contributed by atoms with Crippen molar-refractivity contribution in [2.45, 2.75) is 37.3 Å². The van der Waals surface area contributed by atoms with Gasteiger partial charge in [0.2, 0.25) is 0 Å². The molecule has 1 aliphatic carbocycles. The van der Waals surface area contributed by atoms with E-state index in [0.29, 0.717) is 22.7 Å². The Morgan fingerprint density at radius 2 is 1.58 bits per heavy atom. The van der Waals surface area contributed by atoms with Gasteiger partial charge in [0.05, 0.1) is 0 Å². The van der Waals surface area contributed by atoms with Gasteiger partial charge in [-0.15, -0.1) is 0 Å². The fraction of sp³-hybridized carbons (Fsp3) is 0.231. The third kappa shape index (κ3) is 4.40. The highest BCUT2D eigenvalue weighted by molar-refractivity contribution is 6.30.